The van der Waals surface area contributed by atoms with Crippen molar-refractivity contribution in [2.45, 2.75) is 6.10 Å². The summed E-state index contributed by atoms with van der Waals surface area (Å²) in [5.41, 5.74) is 0.743. The predicted octanol–water partition coefficient (Wildman–Crippen LogP) is 2.33. The Morgan fingerprint density at radius 1 is 1.38 bits per heavy atom. The highest BCUT2D eigenvalue weighted by atomic mass is 35.5. The number of likely N-dealkylation sites (N-methyl/N-ethyl adjacent to an activating group) is 1. The number of benzene rings is 1. The maximum Gasteiger partial charge on any atom is 0.0838 e. The van der Waals surface area contributed by atoms with E-state index in [1.54, 1.807) is 6.07 Å². The van der Waals surface area contributed by atoms with E-state index < -0.39 is 6.10 Å². The van der Waals surface area contributed by atoms with Crippen LogP contribution in [0, 0.1) is 0 Å². The Kier molecular flexibility index (Phi) is 5.35. The first-order valence-corrected chi connectivity index (χ1v) is 5.77. The van der Waals surface area contributed by atoms with Gasteiger partial charge in [0.25, 0.3) is 0 Å². The molecule has 3 nitrogen and oxygen atoms in total. The van der Waals surface area contributed by atoms with Gasteiger partial charge in [-0.05, 0) is 26.2 Å². The van der Waals surface area contributed by atoms with E-state index in [2.05, 4.69) is 5.32 Å². The molecule has 0 amide bonds. The van der Waals surface area contributed by atoms with E-state index in [4.69, 9.17) is 23.2 Å². The van der Waals surface area contributed by atoms with Crippen molar-refractivity contribution in [3.8, 4) is 0 Å². The molecule has 1 aromatic carbocycles. The normalized spacial score (nSPS) is 12.9. The Labute approximate surface area is 106 Å². The average molecular weight is 263 g/mol. The molecule has 0 aliphatic carbocycles. The molecule has 1 unspecified atom stereocenters. The van der Waals surface area contributed by atoms with Crippen LogP contribution in [0.15, 0.2) is 18.2 Å². The Bertz CT molecular complexity index is 345. The van der Waals surface area contributed by atoms with Crippen LogP contribution in [0.2, 0.25) is 10.0 Å². The summed E-state index contributed by atoms with van der Waals surface area (Å²) in [6.45, 7) is 1.05. The third kappa shape index (κ3) is 4.18. The summed E-state index contributed by atoms with van der Waals surface area (Å²) >= 11 is 11.9. The molecule has 1 atom stereocenters. The number of aliphatic hydroxyl groups is 1. The number of rotatable bonds is 5. The van der Waals surface area contributed by atoms with Crippen LogP contribution >= 0.6 is 23.2 Å². The molecule has 1 rings (SSSR count). The lowest BCUT2D eigenvalue weighted by atomic mass is 10.3. The second kappa shape index (κ2) is 6.30. The van der Waals surface area contributed by atoms with Gasteiger partial charge in [0.05, 0.1) is 21.8 Å². The maximum atomic E-state index is 9.66. The van der Waals surface area contributed by atoms with Crippen molar-refractivity contribution >= 4 is 28.9 Å². The molecule has 2 N–H and O–H groups in total. The quantitative estimate of drug-likeness (QED) is 0.855. The van der Waals surface area contributed by atoms with E-state index in [1.807, 2.05) is 31.1 Å². The predicted molar refractivity (Wildman–Crippen MR) is 69.5 cm³/mol. The lowest BCUT2D eigenvalue weighted by molar-refractivity contribution is 0.148. The lowest BCUT2D eigenvalue weighted by Crippen LogP contribution is -2.31. The third-order valence-electron chi connectivity index (χ3n) is 2.06. The number of nitrogens with zero attached hydrogens (tertiary/aromatic N) is 1. The zero-order valence-corrected chi connectivity index (χ0v) is 10.9. The number of halogens is 2. The molecule has 0 aromatic heterocycles. The average Bonchev–Trinajstić information content (AvgIpc) is 2.19. The Hall–Kier alpha value is -0.480. The van der Waals surface area contributed by atoms with Crippen molar-refractivity contribution in [2.75, 3.05) is 32.5 Å². The van der Waals surface area contributed by atoms with Gasteiger partial charge in [-0.2, -0.15) is 0 Å². The zero-order chi connectivity index (χ0) is 12.1. The van der Waals surface area contributed by atoms with Crippen LogP contribution in [0.4, 0.5) is 5.69 Å². The van der Waals surface area contributed by atoms with Crippen LogP contribution in [0.5, 0.6) is 0 Å². The van der Waals surface area contributed by atoms with Crippen molar-refractivity contribution in [2.24, 2.45) is 0 Å². The molecule has 0 spiro atoms. The summed E-state index contributed by atoms with van der Waals surface area (Å²) in [7, 11) is 3.82. The Balaban J connectivity index is 2.51. The van der Waals surface area contributed by atoms with Gasteiger partial charge in [-0.15, -0.1) is 0 Å². The van der Waals surface area contributed by atoms with Crippen molar-refractivity contribution < 1.29 is 5.11 Å². The highest BCUT2D eigenvalue weighted by molar-refractivity contribution is 6.43. The second-order valence-corrected chi connectivity index (χ2v) is 4.68. The summed E-state index contributed by atoms with van der Waals surface area (Å²) in [4.78, 5) is 1.92. The number of hydrogen-bond donors (Lipinski definition) is 2. The number of hydrogen-bond acceptors (Lipinski definition) is 3. The molecule has 0 saturated carbocycles. The molecule has 0 saturated heterocycles. The minimum atomic E-state index is -0.440. The van der Waals surface area contributed by atoms with Gasteiger partial charge in [0.2, 0.25) is 0 Å². The fourth-order valence-electron chi connectivity index (χ4n) is 1.35. The lowest BCUT2D eigenvalue weighted by Gasteiger charge is -2.17. The van der Waals surface area contributed by atoms with E-state index in [0.29, 0.717) is 23.1 Å². The molecule has 1 aromatic rings. The summed E-state index contributed by atoms with van der Waals surface area (Å²) in [5.74, 6) is 0. The summed E-state index contributed by atoms with van der Waals surface area (Å²) < 4.78 is 0. The second-order valence-electron chi connectivity index (χ2n) is 3.90. The van der Waals surface area contributed by atoms with Crippen molar-refractivity contribution in [3.05, 3.63) is 28.2 Å². The van der Waals surface area contributed by atoms with Gasteiger partial charge in [0.1, 0.15) is 0 Å². The molecule has 5 heteroatoms. The first-order valence-electron chi connectivity index (χ1n) is 5.01. The van der Waals surface area contributed by atoms with Crippen LogP contribution in [-0.2, 0) is 0 Å². The van der Waals surface area contributed by atoms with Gasteiger partial charge in [0, 0.05) is 13.1 Å². The molecular weight excluding hydrogens is 247 g/mol. The topological polar surface area (TPSA) is 35.5 Å². The molecule has 16 heavy (non-hydrogen) atoms. The highest BCUT2D eigenvalue weighted by Crippen LogP contribution is 2.29. The summed E-state index contributed by atoms with van der Waals surface area (Å²) in [6.07, 6.45) is -0.440. The standard InChI is InChI=1S/C11H16Cl2N2O/c1-15(2)7-8(16)6-14-10-5-3-4-9(12)11(10)13/h3-5,8,14,16H,6-7H2,1-2H3. The maximum absolute atomic E-state index is 9.66. The minimum Gasteiger partial charge on any atom is -0.390 e. The van der Waals surface area contributed by atoms with Gasteiger partial charge in [0.15, 0.2) is 0 Å². The van der Waals surface area contributed by atoms with Gasteiger partial charge in [-0.25, -0.2) is 0 Å². The first-order chi connectivity index (χ1) is 7.50. The van der Waals surface area contributed by atoms with Gasteiger partial charge in [-0.3, -0.25) is 0 Å². The van der Waals surface area contributed by atoms with E-state index in [1.165, 1.54) is 0 Å². The van der Waals surface area contributed by atoms with Crippen LogP contribution in [0.25, 0.3) is 0 Å². The van der Waals surface area contributed by atoms with Crippen LogP contribution < -0.4 is 5.32 Å². The van der Waals surface area contributed by atoms with Crippen LogP contribution in [0.1, 0.15) is 0 Å². The Morgan fingerprint density at radius 2 is 2.06 bits per heavy atom. The molecule has 90 valence electrons. The molecule has 0 aliphatic heterocycles. The highest BCUT2D eigenvalue weighted by Gasteiger charge is 2.08. The van der Waals surface area contributed by atoms with Crippen LogP contribution in [0.3, 0.4) is 0 Å². The van der Waals surface area contributed by atoms with Crippen LogP contribution in [-0.4, -0.2) is 43.3 Å². The Morgan fingerprint density at radius 3 is 2.69 bits per heavy atom. The number of nitrogens with one attached hydrogen (secondary N) is 1. The minimum absolute atomic E-state index is 0.440. The van der Waals surface area contributed by atoms with Crippen molar-refractivity contribution in [1.82, 2.24) is 4.90 Å². The summed E-state index contributed by atoms with van der Waals surface area (Å²) in [5, 5.41) is 13.7. The number of aliphatic hydroxyl groups excluding tert-OH is 1. The number of anilines is 1. The van der Waals surface area contributed by atoms with Gasteiger partial charge >= 0.3 is 0 Å². The van der Waals surface area contributed by atoms with E-state index in [9.17, 15) is 5.11 Å². The first kappa shape index (κ1) is 13.6. The van der Waals surface area contributed by atoms with E-state index in [0.717, 1.165) is 5.69 Å². The molecule has 0 aliphatic rings. The largest absolute Gasteiger partial charge is 0.390 e. The fourth-order valence-corrected chi connectivity index (χ4v) is 1.72. The smallest absolute Gasteiger partial charge is 0.0838 e. The van der Waals surface area contributed by atoms with Crippen molar-refractivity contribution in [1.29, 1.82) is 0 Å². The molecule has 0 fully saturated rings. The van der Waals surface area contributed by atoms with E-state index in [-0.39, 0.29) is 0 Å². The van der Waals surface area contributed by atoms with E-state index >= 15 is 0 Å². The molecule has 0 heterocycles. The fraction of sp³-hybridized carbons (Fsp3) is 0.455. The molecule has 0 bridgehead atoms. The zero-order valence-electron chi connectivity index (χ0n) is 9.37. The molecule has 0 radical (unpaired) electrons. The monoisotopic (exact) mass is 262 g/mol. The van der Waals surface area contributed by atoms with Gasteiger partial charge < -0.3 is 15.3 Å². The molecular formula is C11H16Cl2N2O. The summed E-state index contributed by atoms with van der Waals surface area (Å²) in [6, 6.07) is 5.37. The SMILES string of the molecule is CN(C)CC(O)CNc1cccc(Cl)c1Cl. The third-order valence-corrected chi connectivity index (χ3v) is 2.87. The van der Waals surface area contributed by atoms with Crippen molar-refractivity contribution in [3.63, 3.8) is 0 Å². The van der Waals surface area contributed by atoms with Gasteiger partial charge in [-0.1, -0.05) is 29.3 Å².